The quantitative estimate of drug-likeness (QED) is 0.689. The minimum Gasteiger partial charge on any atom is -0.338 e. The second-order valence-electron chi connectivity index (χ2n) is 6.96. The first-order valence-corrected chi connectivity index (χ1v) is 12.2. The third-order valence-electron chi connectivity index (χ3n) is 5.00. The van der Waals surface area contributed by atoms with Crippen molar-refractivity contribution in [1.82, 2.24) is 20.1 Å². The fraction of sp³-hybridized carbons (Fsp3) is 0.526. The number of H-pyrrole nitrogens is 1. The number of amides is 1. The van der Waals surface area contributed by atoms with Crippen molar-refractivity contribution in [2.45, 2.75) is 50.1 Å². The number of aromatic nitrogens is 3. The predicted molar refractivity (Wildman–Crippen MR) is 111 cm³/mol. The lowest BCUT2D eigenvalue weighted by Gasteiger charge is -2.29. The summed E-state index contributed by atoms with van der Waals surface area (Å²) in [4.78, 5) is 19.0. The van der Waals surface area contributed by atoms with Crippen LogP contribution in [0.25, 0.3) is 11.4 Å². The average molecular weight is 423 g/mol. The third-order valence-corrected chi connectivity index (χ3v) is 7.70. The Labute approximate surface area is 170 Å². The Hall–Kier alpha value is -1.87. The molecule has 0 unspecified atom stereocenters. The van der Waals surface area contributed by atoms with Gasteiger partial charge < -0.3 is 4.90 Å². The average Bonchev–Trinajstić information content (AvgIpc) is 3.28. The summed E-state index contributed by atoms with van der Waals surface area (Å²) in [6, 6.07) is 7.89. The lowest BCUT2D eigenvalue weighted by atomic mass is 10.1. The highest BCUT2D eigenvalue weighted by molar-refractivity contribution is 8.00. The van der Waals surface area contributed by atoms with E-state index in [0.29, 0.717) is 23.9 Å². The molecule has 0 saturated carbocycles. The van der Waals surface area contributed by atoms with E-state index in [1.54, 1.807) is 4.90 Å². The van der Waals surface area contributed by atoms with Gasteiger partial charge >= 0.3 is 0 Å². The van der Waals surface area contributed by atoms with Crippen molar-refractivity contribution in [2.24, 2.45) is 0 Å². The van der Waals surface area contributed by atoms with Gasteiger partial charge in [0.15, 0.2) is 15.7 Å². The Morgan fingerprint density at radius 1 is 1.32 bits per heavy atom. The number of rotatable bonds is 7. The molecule has 152 valence electrons. The van der Waals surface area contributed by atoms with Gasteiger partial charge in [0, 0.05) is 18.2 Å². The van der Waals surface area contributed by atoms with E-state index in [4.69, 9.17) is 0 Å². The minimum absolute atomic E-state index is 0.0581. The second-order valence-corrected chi connectivity index (χ2v) is 10.5. The molecule has 1 amide bonds. The molecule has 2 atom stereocenters. The van der Waals surface area contributed by atoms with Gasteiger partial charge in [-0.15, -0.1) is 5.10 Å². The molecule has 1 saturated heterocycles. The number of aryl methyl sites for hydroxylation is 1. The molecular formula is C19H26N4O3S2. The standard InChI is InChI=1S/C19H26N4O3S2/c1-4-14-6-8-15(9-7-14)17-20-19(22-21-17)27-13(3)18(24)23(5-2)16-10-11-28(25,26)12-16/h6-9,13,16H,4-5,10-12H2,1-3H3,(H,20,21,22)/t13-,16-/m0/s1. The summed E-state index contributed by atoms with van der Waals surface area (Å²) < 4.78 is 23.5. The van der Waals surface area contributed by atoms with Crippen LogP contribution >= 0.6 is 11.8 Å². The van der Waals surface area contributed by atoms with Crippen LogP contribution in [0.2, 0.25) is 0 Å². The van der Waals surface area contributed by atoms with Crippen molar-refractivity contribution in [3.05, 3.63) is 29.8 Å². The Kier molecular flexibility index (Phi) is 6.44. The summed E-state index contributed by atoms with van der Waals surface area (Å²) in [5.41, 5.74) is 2.20. The number of carbonyl (C=O) groups is 1. The van der Waals surface area contributed by atoms with Crippen LogP contribution in [0.5, 0.6) is 0 Å². The Balaban J connectivity index is 1.66. The fourth-order valence-corrected chi connectivity index (χ4v) is 5.91. The first kappa shape index (κ1) is 20.9. The van der Waals surface area contributed by atoms with Crippen LogP contribution in [0.15, 0.2) is 29.4 Å². The van der Waals surface area contributed by atoms with Crippen LogP contribution in [0.3, 0.4) is 0 Å². The number of nitrogens with zero attached hydrogens (tertiary/aromatic N) is 3. The molecule has 1 aromatic carbocycles. The monoisotopic (exact) mass is 422 g/mol. The summed E-state index contributed by atoms with van der Waals surface area (Å²) in [6.45, 7) is 6.29. The zero-order chi connectivity index (χ0) is 20.3. The molecule has 7 nitrogen and oxygen atoms in total. The van der Waals surface area contributed by atoms with Crippen LogP contribution < -0.4 is 0 Å². The van der Waals surface area contributed by atoms with Crippen molar-refractivity contribution >= 4 is 27.5 Å². The number of hydrogen-bond donors (Lipinski definition) is 1. The normalized spacial score (nSPS) is 19.5. The van der Waals surface area contributed by atoms with Gasteiger partial charge in [0.25, 0.3) is 0 Å². The molecule has 9 heteroatoms. The molecule has 1 N–H and O–H groups in total. The molecular weight excluding hydrogens is 396 g/mol. The van der Waals surface area contributed by atoms with E-state index in [1.165, 1.54) is 17.3 Å². The smallest absolute Gasteiger partial charge is 0.236 e. The number of benzene rings is 1. The molecule has 28 heavy (non-hydrogen) atoms. The number of hydrogen-bond acceptors (Lipinski definition) is 6. The second kappa shape index (κ2) is 8.65. The van der Waals surface area contributed by atoms with Gasteiger partial charge in [-0.2, -0.15) is 0 Å². The maximum absolute atomic E-state index is 12.9. The first-order valence-electron chi connectivity index (χ1n) is 9.52. The van der Waals surface area contributed by atoms with E-state index in [2.05, 4.69) is 34.2 Å². The van der Waals surface area contributed by atoms with Gasteiger partial charge in [-0.1, -0.05) is 43.0 Å². The summed E-state index contributed by atoms with van der Waals surface area (Å²) in [7, 11) is -3.03. The zero-order valence-corrected chi connectivity index (χ0v) is 18.0. The Morgan fingerprint density at radius 2 is 2.04 bits per heavy atom. The topological polar surface area (TPSA) is 96.0 Å². The minimum atomic E-state index is -3.03. The van der Waals surface area contributed by atoms with Gasteiger partial charge in [0.1, 0.15) is 0 Å². The molecule has 2 aromatic rings. The van der Waals surface area contributed by atoms with E-state index in [0.717, 1.165) is 12.0 Å². The molecule has 1 aliphatic heterocycles. The number of nitrogens with one attached hydrogen (secondary N) is 1. The molecule has 1 aliphatic rings. The van der Waals surface area contributed by atoms with Gasteiger partial charge in [-0.05, 0) is 32.3 Å². The highest BCUT2D eigenvalue weighted by Crippen LogP contribution is 2.26. The third kappa shape index (κ3) is 4.75. The molecule has 0 bridgehead atoms. The van der Waals surface area contributed by atoms with Crippen LogP contribution in [0.1, 0.15) is 32.8 Å². The molecule has 1 fully saturated rings. The number of sulfone groups is 1. The fourth-order valence-electron chi connectivity index (χ4n) is 3.38. The molecule has 0 spiro atoms. The van der Waals surface area contributed by atoms with E-state index < -0.39 is 15.1 Å². The lowest BCUT2D eigenvalue weighted by molar-refractivity contribution is -0.131. The van der Waals surface area contributed by atoms with E-state index >= 15 is 0 Å². The molecule has 0 aliphatic carbocycles. The van der Waals surface area contributed by atoms with Gasteiger partial charge in [-0.25, -0.2) is 13.4 Å². The summed E-state index contributed by atoms with van der Waals surface area (Å²) >= 11 is 1.28. The van der Waals surface area contributed by atoms with Crippen LogP contribution in [0, 0.1) is 0 Å². The van der Waals surface area contributed by atoms with E-state index in [9.17, 15) is 13.2 Å². The number of carbonyl (C=O) groups excluding carboxylic acids is 1. The Bertz CT molecular complexity index is 925. The van der Waals surface area contributed by atoms with Crippen LogP contribution in [-0.2, 0) is 21.1 Å². The Morgan fingerprint density at radius 3 is 2.61 bits per heavy atom. The number of aromatic amines is 1. The predicted octanol–water partition coefficient (Wildman–Crippen LogP) is 2.55. The highest BCUT2D eigenvalue weighted by atomic mass is 32.2. The van der Waals surface area contributed by atoms with Crippen LogP contribution in [-0.4, -0.2) is 63.7 Å². The summed E-state index contributed by atoms with van der Waals surface area (Å²) in [5.74, 6) is 0.805. The maximum atomic E-state index is 12.9. The van der Waals surface area contributed by atoms with Crippen molar-refractivity contribution < 1.29 is 13.2 Å². The highest BCUT2D eigenvalue weighted by Gasteiger charge is 2.35. The van der Waals surface area contributed by atoms with Crippen LogP contribution in [0.4, 0.5) is 0 Å². The molecule has 2 heterocycles. The largest absolute Gasteiger partial charge is 0.338 e. The van der Waals surface area contributed by atoms with Gasteiger partial charge in [0.2, 0.25) is 11.1 Å². The van der Waals surface area contributed by atoms with Gasteiger partial charge in [0.05, 0.1) is 16.8 Å². The SMILES string of the molecule is CCc1ccc(-c2nc(S[C@@H](C)C(=O)N(CC)[C@H]3CCS(=O)(=O)C3)n[nH]2)cc1. The first-order chi connectivity index (χ1) is 13.3. The molecule has 3 rings (SSSR count). The lowest BCUT2D eigenvalue weighted by Crippen LogP contribution is -2.44. The summed E-state index contributed by atoms with van der Waals surface area (Å²) in [5, 5.41) is 7.26. The van der Waals surface area contributed by atoms with Crippen molar-refractivity contribution in [3.8, 4) is 11.4 Å². The van der Waals surface area contributed by atoms with Crippen molar-refractivity contribution in [3.63, 3.8) is 0 Å². The maximum Gasteiger partial charge on any atom is 0.236 e. The molecule has 0 radical (unpaired) electrons. The molecule has 1 aromatic heterocycles. The van der Waals surface area contributed by atoms with Gasteiger partial charge in [-0.3, -0.25) is 9.89 Å². The van der Waals surface area contributed by atoms with Crippen molar-refractivity contribution in [2.75, 3.05) is 18.1 Å². The van der Waals surface area contributed by atoms with Crippen molar-refractivity contribution in [1.29, 1.82) is 0 Å². The summed E-state index contributed by atoms with van der Waals surface area (Å²) in [6.07, 6.45) is 1.49. The number of thioether (sulfide) groups is 1. The van der Waals surface area contributed by atoms with E-state index in [-0.39, 0.29) is 23.5 Å². The van der Waals surface area contributed by atoms with E-state index in [1.807, 2.05) is 26.0 Å². The zero-order valence-electron chi connectivity index (χ0n) is 16.4.